The predicted molar refractivity (Wildman–Crippen MR) is 228 cm³/mol. The fraction of sp³-hybridized carbons (Fsp3) is 0.245. The Labute approximate surface area is 328 Å². The van der Waals surface area contributed by atoms with E-state index in [0.29, 0.717) is 19.2 Å². The van der Waals surface area contributed by atoms with Crippen LogP contribution in [0.25, 0.3) is 34.4 Å². The molecule has 0 amide bonds. The first-order chi connectivity index (χ1) is 26.0. The molecule has 9 rings (SSSR count). The van der Waals surface area contributed by atoms with Gasteiger partial charge in [0.05, 0.1) is 0 Å². The van der Waals surface area contributed by atoms with E-state index in [-0.39, 0.29) is 0 Å². The van der Waals surface area contributed by atoms with Gasteiger partial charge in [-0.05, 0) is 0 Å². The van der Waals surface area contributed by atoms with Crippen molar-refractivity contribution in [3.05, 3.63) is 200 Å². The summed E-state index contributed by atoms with van der Waals surface area (Å²) in [6, 6.07) is 52.2. The average molecular weight is 867 g/mol. The third-order valence-corrected chi connectivity index (χ3v) is 28.3. The molecule has 0 nitrogen and oxygen atoms in total. The fourth-order valence-corrected chi connectivity index (χ4v) is 27.1. The standard InChI is InChI=1S/C51H46.2CH3.Hf/c1-33(2)37-11-7-13-39(27-37)47-17-9-15-41-29-45(31-49(41)47)51(43-23-19-35(5)20-24-43,44-25-21-36(6)22-26-44)46-30-42-16-10-18-48(50(42)32-46)40-14-8-12-38(28-40)34(3)4;;;/h7-34H,1-6H3;2*1H3;. The molecule has 1 heteroatoms. The second kappa shape index (κ2) is 13.2. The second-order valence-electron chi connectivity index (χ2n) is 17.5. The minimum atomic E-state index is -3.41. The number of benzene rings is 6. The zero-order valence-electron chi connectivity index (χ0n) is 33.2. The quantitative estimate of drug-likeness (QED) is 0.146. The van der Waals surface area contributed by atoms with E-state index in [1.54, 1.807) is 22.3 Å². The second-order valence-corrected chi connectivity index (χ2v) is 34.8. The van der Waals surface area contributed by atoms with Crippen LogP contribution in [0.4, 0.5) is 0 Å². The fourth-order valence-electron chi connectivity index (χ4n) is 10.5. The molecule has 0 spiro atoms. The molecule has 2 aliphatic carbocycles. The van der Waals surface area contributed by atoms with Gasteiger partial charge in [0.1, 0.15) is 0 Å². The van der Waals surface area contributed by atoms with Crippen LogP contribution in [0.1, 0.15) is 103 Å². The van der Waals surface area contributed by atoms with Gasteiger partial charge in [-0.1, -0.05) is 0 Å². The summed E-state index contributed by atoms with van der Waals surface area (Å²) in [5, 5.41) is 0. The summed E-state index contributed by atoms with van der Waals surface area (Å²) >= 11 is -3.41. The van der Waals surface area contributed by atoms with Crippen LogP contribution in [0.2, 0.25) is 9.36 Å². The molecular formula is C53H52Hf. The van der Waals surface area contributed by atoms with Gasteiger partial charge < -0.3 is 0 Å². The number of allylic oxidation sites excluding steroid dienone is 2. The van der Waals surface area contributed by atoms with Crippen LogP contribution >= 0.6 is 0 Å². The molecule has 0 N–H and O–H groups in total. The normalized spacial score (nSPS) is 18.9. The molecule has 0 bridgehead atoms. The average Bonchev–Trinajstić information content (AvgIpc) is 3.78. The van der Waals surface area contributed by atoms with E-state index >= 15 is 0 Å². The van der Waals surface area contributed by atoms with Gasteiger partial charge in [0.2, 0.25) is 0 Å². The van der Waals surface area contributed by atoms with E-state index in [4.69, 9.17) is 0 Å². The zero-order valence-corrected chi connectivity index (χ0v) is 36.8. The molecule has 2 unspecified atom stereocenters. The Morgan fingerprint density at radius 2 is 0.870 bits per heavy atom. The SMILES string of the molecule is Cc1ccc(C2(c3ccc(C)cc3)C3=Cc4c(-c5cccc(C(C)C)c5)cccc4[CH]3[Hf]([CH3])([CH3])[CH]3C2=Cc2c(-c4cccc(C(C)C)c4)cccc23)cc1. The van der Waals surface area contributed by atoms with Gasteiger partial charge in [0.15, 0.2) is 0 Å². The molecule has 268 valence electrons. The van der Waals surface area contributed by atoms with E-state index in [0.717, 1.165) is 0 Å². The van der Waals surface area contributed by atoms with Crippen molar-refractivity contribution in [2.45, 2.75) is 75.5 Å². The molecule has 3 aliphatic rings. The van der Waals surface area contributed by atoms with E-state index in [2.05, 4.69) is 197 Å². The van der Waals surface area contributed by atoms with Crippen LogP contribution in [0.15, 0.2) is 145 Å². The van der Waals surface area contributed by atoms with Gasteiger partial charge >= 0.3 is 330 Å². The first-order valence-corrected chi connectivity index (χ1v) is 31.4. The maximum absolute atomic E-state index is 3.41. The summed E-state index contributed by atoms with van der Waals surface area (Å²) in [5.74, 6) is 0.969. The molecule has 1 heterocycles. The topological polar surface area (TPSA) is 0 Å². The summed E-state index contributed by atoms with van der Waals surface area (Å²) in [6.45, 7) is 13.7. The van der Waals surface area contributed by atoms with Crippen LogP contribution in [-0.2, 0) is 25.4 Å². The number of hydrogen-bond donors (Lipinski definition) is 0. The third kappa shape index (κ3) is 5.32. The van der Waals surface area contributed by atoms with E-state index in [9.17, 15) is 0 Å². The molecule has 2 atom stereocenters. The summed E-state index contributed by atoms with van der Waals surface area (Å²) in [6.07, 6.45) is 5.37. The molecule has 6 aromatic rings. The third-order valence-electron chi connectivity index (χ3n) is 13.2. The van der Waals surface area contributed by atoms with Crippen LogP contribution in [0.5, 0.6) is 0 Å². The Morgan fingerprint density at radius 3 is 1.26 bits per heavy atom. The molecule has 0 aromatic heterocycles. The predicted octanol–water partition coefficient (Wildman–Crippen LogP) is 14.7. The molecule has 0 saturated carbocycles. The zero-order chi connectivity index (χ0) is 37.5. The van der Waals surface area contributed by atoms with Crippen molar-refractivity contribution in [1.29, 1.82) is 0 Å². The molecular weight excluding hydrogens is 815 g/mol. The van der Waals surface area contributed by atoms with Crippen molar-refractivity contribution in [3.63, 3.8) is 0 Å². The van der Waals surface area contributed by atoms with Crippen LogP contribution in [0.3, 0.4) is 0 Å². The Kier molecular flexibility index (Phi) is 8.62. The van der Waals surface area contributed by atoms with Gasteiger partial charge in [-0.25, -0.2) is 0 Å². The molecule has 1 aliphatic heterocycles. The number of hydrogen-bond acceptors (Lipinski definition) is 0. The van der Waals surface area contributed by atoms with E-state index in [1.807, 2.05) is 0 Å². The monoisotopic (exact) mass is 868 g/mol. The number of fused-ring (bicyclic) bond motifs is 6. The van der Waals surface area contributed by atoms with Crippen LogP contribution < -0.4 is 0 Å². The molecule has 6 aromatic carbocycles. The minimum absolute atomic E-state index is 0.404. The van der Waals surface area contributed by atoms with Crippen molar-refractivity contribution in [2.24, 2.45) is 0 Å². The maximum atomic E-state index is 2.78. The molecule has 1 fully saturated rings. The van der Waals surface area contributed by atoms with Crippen molar-refractivity contribution >= 4 is 12.2 Å². The van der Waals surface area contributed by atoms with Crippen molar-refractivity contribution in [3.8, 4) is 22.3 Å². The first kappa shape index (κ1) is 35.4. The van der Waals surface area contributed by atoms with Crippen molar-refractivity contribution in [2.75, 3.05) is 0 Å². The van der Waals surface area contributed by atoms with Crippen molar-refractivity contribution in [1.82, 2.24) is 0 Å². The Hall–Kier alpha value is -4.33. The summed E-state index contributed by atoms with van der Waals surface area (Å²) in [7, 11) is 0. The molecule has 1 saturated heterocycles. The van der Waals surface area contributed by atoms with Gasteiger partial charge in [0.25, 0.3) is 0 Å². The summed E-state index contributed by atoms with van der Waals surface area (Å²) < 4.78 is 6.43. The Bertz CT molecular complexity index is 2310. The van der Waals surface area contributed by atoms with Crippen molar-refractivity contribution < 1.29 is 20.0 Å². The summed E-state index contributed by atoms with van der Waals surface area (Å²) in [5.41, 5.74) is 22.4. The van der Waals surface area contributed by atoms with Crippen LogP contribution in [0, 0.1) is 13.8 Å². The van der Waals surface area contributed by atoms with Gasteiger partial charge in [-0.15, -0.1) is 0 Å². The molecule has 54 heavy (non-hydrogen) atoms. The summed E-state index contributed by atoms with van der Waals surface area (Å²) in [4.78, 5) is 0. The first-order valence-electron chi connectivity index (χ1n) is 20.0. The number of rotatable bonds is 6. The van der Waals surface area contributed by atoms with Gasteiger partial charge in [-0.2, -0.15) is 0 Å². The van der Waals surface area contributed by atoms with E-state index in [1.165, 1.54) is 66.8 Å². The van der Waals surface area contributed by atoms with Crippen LogP contribution in [-0.4, -0.2) is 0 Å². The Balaban J connectivity index is 1.38. The Morgan fingerprint density at radius 1 is 0.481 bits per heavy atom. The number of aryl methyl sites for hydroxylation is 2. The van der Waals surface area contributed by atoms with E-state index < -0.39 is 25.4 Å². The van der Waals surface area contributed by atoms with Gasteiger partial charge in [0, 0.05) is 0 Å². The van der Waals surface area contributed by atoms with Gasteiger partial charge in [-0.3, -0.25) is 0 Å². The molecule has 0 radical (unpaired) electrons.